The number of nitrogens with zero attached hydrogens (tertiary/aromatic N) is 2. The minimum Gasteiger partial charge on any atom is -0.496 e. The van der Waals surface area contributed by atoms with Crippen molar-refractivity contribution in [3.63, 3.8) is 0 Å². The Hall–Kier alpha value is -2.67. The highest BCUT2D eigenvalue weighted by Crippen LogP contribution is 2.23. The van der Waals surface area contributed by atoms with Gasteiger partial charge in [-0.15, -0.1) is 0 Å². The minimum absolute atomic E-state index is 0.254. The Balaban J connectivity index is 1.83. The summed E-state index contributed by atoms with van der Waals surface area (Å²) >= 11 is 0. The lowest BCUT2D eigenvalue weighted by molar-refractivity contribution is 0.379. The molecule has 124 valence electrons. The van der Waals surface area contributed by atoms with Gasteiger partial charge in [-0.1, -0.05) is 23.4 Å². The zero-order valence-corrected chi connectivity index (χ0v) is 14.1. The zero-order chi connectivity index (χ0) is 17.2. The molecule has 1 aromatic heterocycles. The van der Waals surface area contributed by atoms with Crippen LogP contribution in [-0.4, -0.2) is 31.9 Å². The number of ether oxygens (including phenoxy) is 1. The summed E-state index contributed by atoms with van der Waals surface area (Å²) in [7, 11) is -1.61. The average Bonchev–Trinajstić information content (AvgIpc) is 3.03. The number of methoxy groups -OCH3 is 1. The molecule has 0 aliphatic carbocycles. The maximum atomic E-state index is 11.5. The second-order valence-electron chi connectivity index (χ2n) is 5.30. The van der Waals surface area contributed by atoms with Gasteiger partial charge in [0.25, 0.3) is 0 Å². The largest absolute Gasteiger partial charge is 0.496 e. The second-order valence-corrected chi connectivity index (χ2v) is 7.31. The Morgan fingerprint density at radius 1 is 1.08 bits per heavy atom. The van der Waals surface area contributed by atoms with Crippen molar-refractivity contribution < 1.29 is 17.7 Å². The van der Waals surface area contributed by atoms with Gasteiger partial charge in [-0.05, 0) is 30.3 Å². The Morgan fingerprint density at radius 3 is 2.46 bits per heavy atom. The molecule has 1 heterocycles. The van der Waals surface area contributed by atoms with Gasteiger partial charge in [0.15, 0.2) is 9.84 Å². The molecule has 3 rings (SSSR count). The van der Waals surface area contributed by atoms with Gasteiger partial charge < -0.3 is 9.26 Å². The van der Waals surface area contributed by atoms with Crippen LogP contribution in [0.4, 0.5) is 0 Å². The van der Waals surface area contributed by atoms with E-state index in [9.17, 15) is 8.42 Å². The molecule has 0 aliphatic heterocycles. The van der Waals surface area contributed by atoms with Crippen molar-refractivity contribution in [1.29, 1.82) is 0 Å². The van der Waals surface area contributed by atoms with Gasteiger partial charge in [0.2, 0.25) is 11.7 Å². The lowest BCUT2D eigenvalue weighted by atomic mass is 10.1. The fourth-order valence-electron chi connectivity index (χ4n) is 2.31. The summed E-state index contributed by atoms with van der Waals surface area (Å²) in [5.74, 6) is 1.64. The maximum absolute atomic E-state index is 11.5. The molecule has 2 aromatic carbocycles. The molecule has 0 saturated heterocycles. The molecule has 0 atom stereocenters. The molecule has 6 nitrogen and oxygen atoms in total. The number of hydrogen-bond donors (Lipinski definition) is 0. The van der Waals surface area contributed by atoms with Crippen molar-refractivity contribution in [1.82, 2.24) is 10.1 Å². The van der Waals surface area contributed by atoms with Crippen molar-refractivity contribution in [2.75, 3.05) is 13.4 Å². The van der Waals surface area contributed by atoms with Gasteiger partial charge in [0, 0.05) is 17.4 Å². The predicted octanol–water partition coefficient (Wildman–Crippen LogP) is 2.74. The topological polar surface area (TPSA) is 82.3 Å². The first-order chi connectivity index (χ1) is 11.5. The number of sulfone groups is 1. The highest BCUT2D eigenvalue weighted by molar-refractivity contribution is 7.90. The average molecular weight is 344 g/mol. The fraction of sp³-hybridized carbons (Fsp3) is 0.176. The molecule has 0 radical (unpaired) electrons. The monoisotopic (exact) mass is 344 g/mol. The van der Waals surface area contributed by atoms with Crippen LogP contribution in [0, 0.1) is 0 Å². The van der Waals surface area contributed by atoms with E-state index < -0.39 is 9.84 Å². The van der Waals surface area contributed by atoms with E-state index in [0.717, 1.165) is 11.3 Å². The lowest BCUT2D eigenvalue weighted by Crippen LogP contribution is -1.96. The Labute approximate surface area is 140 Å². The number of aromatic nitrogens is 2. The summed E-state index contributed by atoms with van der Waals surface area (Å²) in [5, 5.41) is 3.95. The van der Waals surface area contributed by atoms with Crippen LogP contribution in [0.2, 0.25) is 0 Å². The van der Waals surface area contributed by atoms with E-state index in [1.165, 1.54) is 18.4 Å². The molecule has 0 saturated carbocycles. The van der Waals surface area contributed by atoms with E-state index in [0.29, 0.717) is 23.7 Å². The predicted molar refractivity (Wildman–Crippen MR) is 88.6 cm³/mol. The Bertz CT molecular complexity index is 947. The first kappa shape index (κ1) is 16.2. The molecule has 0 aliphatic rings. The van der Waals surface area contributed by atoms with Crippen LogP contribution in [0.1, 0.15) is 11.5 Å². The van der Waals surface area contributed by atoms with Crippen LogP contribution in [0.5, 0.6) is 5.75 Å². The third kappa shape index (κ3) is 3.46. The summed E-state index contributed by atoms with van der Waals surface area (Å²) in [4.78, 5) is 4.61. The van der Waals surface area contributed by atoms with Crippen LogP contribution in [-0.2, 0) is 16.3 Å². The zero-order valence-electron chi connectivity index (χ0n) is 13.3. The van der Waals surface area contributed by atoms with E-state index in [1.54, 1.807) is 19.2 Å². The highest BCUT2D eigenvalue weighted by atomic mass is 32.2. The molecule has 0 amide bonds. The Kier molecular flexibility index (Phi) is 4.35. The fourth-order valence-corrected chi connectivity index (χ4v) is 2.94. The van der Waals surface area contributed by atoms with Crippen LogP contribution in [0.25, 0.3) is 11.4 Å². The van der Waals surface area contributed by atoms with Crippen molar-refractivity contribution in [2.24, 2.45) is 0 Å². The molecule has 3 aromatic rings. The molecule has 0 fully saturated rings. The first-order valence-corrected chi connectivity index (χ1v) is 9.11. The van der Waals surface area contributed by atoms with Gasteiger partial charge >= 0.3 is 0 Å². The van der Waals surface area contributed by atoms with E-state index in [1.807, 2.05) is 24.3 Å². The van der Waals surface area contributed by atoms with Crippen molar-refractivity contribution >= 4 is 9.84 Å². The van der Waals surface area contributed by atoms with Crippen LogP contribution >= 0.6 is 0 Å². The molecule has 7 heteroatoms. The molecule has 0 N–H and O–H groups in total. The Morgan fingerprint density at radius 2 is 1.79 bits per heavy atom. The summed E-state index contributed by atoms with van der Waals surface area (Å²) < 4.78 is 33.6. The van der Waals surface area contributed by atoms with Crippen LogP contribution in [0.15, 0.2) is 57.9 Å². The number of rotatable bonds is 5. The van der Waals surface area contributed by atoms with Gasteiger partial charge in [0.1, 0.15) is 5.75 Å². The molecule has 0 bridgehead atoms. The van der Waals surface area contributed by atoms with Crippen molar-refractivity contribution in [2.45, 2.75) is 11.3 Å². The normalized spacial score (nSPS) is 11.4. The molecular formula is C17H16N2O4S. The van der Waals surface area contributed by atoms with Gasteiger partial charge in [-0.2, -0.15) is 4.98 Å². The van der Waals surface area contributed by atoms with E-state index in [4.69, 9.17) is 9.26 Å². The molecule has 0 unspecified atom stereocenters. The van der Waals surface area contributed by atoms with Gasteiger partial charge in [-0.3, -0.25) is 0 Å². The third-order valence-electron chi connectivity index (χ3n) is 3.54. The summed E-state index contributed by atoms with van der Waals surface area (Å²) in [5.41, 5.74) is 1.64. The lowest BCUT2D eigenvalue weighted by Gasteiger charge is -2.04. The van der Waals surface area contributed by atoms with E-state index in [2.05, 4.69) is 10.1 Å². The van der Waals surface area contributed by atoms with Gasteiger partial charge in [0.05, 0.1) is 18.4 Å². The standard InChI is InChI=1S/C17H16N2O4S/c1-22-15-6-4-3-5-13(15)11-16-18-17(19-23-16)12-7-9-14(10-8-12)24(2,20)21/h3-10H,11H2,1-2H3. The van der Waals surface area contributed by atoms with Gasteiger partial charge in [-0.25, -0.2) is 8.42 Å². The molecule has 24 heavy (non-hydrogen) atoms. The SMILES string of the molecule is COc1ccccc1Cc1nc(-c2ccc(S(C)(=O)=O)cc2)no1. The third-order valence-corrected chi connectivity index (χ3v) is 4.67. The minimum atomic E-state index is -3.22. The smallest absolute Gasteiger partial charge is 0.231 e. The van der Waals surface area contributed by atoms with Crippen molar-refractivity contribution in [3.05, 3.63) is 60.0 Å². The first-order valence-electron chi connectivity index (χ1n) is 7.22. The van der Waals surface area contributed by atoms with E-state index >= 15 is 0 Å². The molecule has 0 spiro atoms. The van der Waals surface area contributed by atoms with Crippen molar-refractivity contribution in [3.8, 4) is 17.1 Å². The number of hydrogen-bond acceptors (Lipinski definition) is 6. The summed E-state index contributed by atoms with van der Waals surface area (Å²) in [6.45, 7) is 0. The number of para-hydroxylation sites is 1. The van der Waals surface area contributed by atoms with Crippen LogP contribution in [0.3, 0.4) is 0 Å². The summed E-state index contributed by atoms with van der Waals surface area (Å²) in [6, 6.07) is 14.0. The maximum Gasteiger partial charge on any atom is 0.231 e. The quantitative estimate of drug-likeness (QED) is 0.708. The second kappa shape index (κ2) is 6.45. The number of benzene rings is 2. The molecular weight excluding hydrogens is 328 g/mol. The van der Waals surface area contributed by atoms with Crippen LogP contribution < -0.4 is 4.74 Å². The summed E-state index contributed by atoms with van der Waals surface area (Å²) in [6.07, 6.45) is 1.63. The van der Waals surface area contributed by atoms with E-state index in [-0.39, 0.29) is 4.90 Å². The highest BCUT2D eigenvalue weighted by Gasteiger charge is 2.13.